The molecule has 0 bridgehead atoms. The molecule has 0 radical (unpaired) electrons. The van der Waals surface area contributed by atoms with Gasteiger partial charge < -0.3 is 20.3 Å². The number of hydrogen-bond donors (Lipinski definition) is 1. The molecule has 0 aromatic rings. The molecule has 1 aliphatic carbocycles. The van der Waals surface area contributed by atoms with Crippen molar-refractivity contribution >= 4 is 11.8 Å². The van der Waals surface area contributed by atoms with E-state index in [0.717, 1.165) is 25.7 Å². The third-order valence-corrected chi connectivity index (χ3v) is 5.55. The second-order valence-corrected chi connectivity index (χ2v) is 7.12. The van der Waals surface area contributed by atoms with Crippen LogP contribution in [-0.4, -0.2) is 66.5 Å². The molecule has 3 fully saturated rings. The highest BCUT2D eigenvalue weighted by Gasteiger charge is 2.32. The molecule has 6 heteroatoms. The molecular weight excluding hydrogens is 294 g/mol. The summed E-state index contributed by atoms with van der Waals surface area (Å²) in [5.74, 6) is 0.642. The standard InChI is InChI=1S/C17H29N3O3/c18-14-5-2-1-4-13(14)12-16(21)19-7-9-20(10-8-19)17(22)15-6-3-11-23-15/h13-15H,1-12,18H2. The van der Waals surface area contributed by atoms with Crippen molar-refractivity contribution in [2.24, 2.45) is 11.7 Å². The molecule has 1 saturated carbocycles. The molecule has 0 aromatic heterocycles. The van der Waals surface area contributed by atoms with E-state index in [-0.39, 0.29) is 24.0 Å². The maximum atomic E-state index is 12.5. The van der Waals surface area contributed by atoms with Gasteiger partial charge in [0.1, 0.15) is 6.10 Å². The summed E-state index contributed by atoms with van der Waals surface area (Å²) in [6, 6.07) is 0.176. The Hall–Kier alpha value is -1.14. The summed E-state index contributed by atoms with van der Waals surface area (Å²) < 4.78 is 5.47. The summed E-state index contributed by atoms with van der Waals surface area (Å²) in [6.45, 7) is 3.22. The van der Waals surface area contributed by atoms with Crippen molar-refractivity contribution in [1.29, 1.82) is 0 Å². The molecule has 130 valence electrons. The lowest BCUT2D eigenvalue weighted by Crippen LogP contribution is -2.53. The van der Waals surface area contributed by atoms with Crippen molar-refractivity contribution in [3.63, 3.8) is 0 Å². The third-order valence-electron chi connectivity index (χ3n) is 5.55. The van der Waals surface area contributed by atoms with E-state index in [9.17, 15) is 9.59 Å². The van der Waals surface area contributed by atoms with Gasteiger partial charge in [-0.1, -0.05) is 12.8 Å². The van der Waals surface area contributed by atoms with Crippen LogP contribution in [-0.2, 0) is 14.3 Å². The lowest BCUT2D eigenvalue weighted by atomic mass is 9.82. The third kappa shape index (κ3) is 4.04. The Bertz CT molecular complexity index is 429. The molecule has 0 spiro atoms. The van der Waals surface area contributed by atoms with E-state index in [1.165, 1.54) is 12.8 Å². The maximum Gasteiger partial charge on any atom is 0.251 e. The lowest BCUT2D eigenvalue weighted by molar-refractivity contribution is -0.146. The van der Waals surface area contributed by atoms with Crippen molar-refractivity contribution in [2.75, 3.05) is 32.8 Å². The lowest BCUT2D eigenvalue weighted by Gasteiger charge is -2.37. The summed E-state index contributed by atoms with van der Waals surface area (Å²) in [5.41, 5.74) is 6.15. The van der Waals surface area contributed by atoms with Crippen LogP contribution in [0.2, 0.25) is 0 Å². The van der Waals surface area contributed by atoms with Crippen LogP contribution in [0, 0.1) is 5.92 Å². The fourth-order valence-corrected chi connectivity index (χ4v) is 4.00. The Balaban J connectivity index is 1.44. The summed E-state index contributed by atoms with van der Waals surface area (Å²) in [5, 5.41) is 0. The van der Waals surface area contributed by atoms with Crippen molar-refractivity contribution < 1.29 is 14.3 Å². The van der Waals surface area contributed by atoms with Crippen LogP contribution >= 0.6 is 0 Å². The zero-order valence-corrected chi connectivity index (χ0v) is 13.9. The SMILES string of the molecule is NC1CCCCC1CC(=O)N1CCN(C(=O)C2CCCO2)CC1. The van der Waals surface area contributed by atoms with E-state index in [1.807, 2.05) is 9.80 Å². The number of nitrogens with zero attached hydrogens (tertiary/aromatic N) is 2. The van der Waals surface area contributed by atoms with Gasteiger partial charge in [-0.2, -0.15) is 0 Å². The Morgan fingerprint density at radius 2 is 1.65 bits per heavy atom. The van der Waals surface area contributed by atoms with E-state index in [2.05, 4.69) is 0 Å². The number of ether oxygens (including phenoxy) is 1. The Labute approximate surface area is 138 Å². The average molecular weight is 323 g/mol. The van der Waals surface area contributed by atoms with Crippen molar-refractivity contribution in [3.8, 4) is 0 Å². The highest BCUT2D eigenvalue weighted by Crippen LogP contribution is 2.26. The van der Waals surface area contributed by atoms with E-state index >= 15 is 0 Å². The molecule has 23 heavy (non-hydrogen) atoms. The highest BCUT2D eigenvalue weighted by atomic mass is 16.5. The number of hydrogen-bond acceptors (Lipinski definition) is 4. The maximum absolute atomic E-state index is 12.5. The summed E-state index contributed by atoms with van der Waals surface area (Å²) in [6.07, 6.45) is 6.61. The van der Waals surface area contributed by atoms with Gasteiger partial charge in [0.05, 0.1) is 0 Å². The zero-order valence-electron chi connectivity index (χ0n) is 13.9. The highest BCUT2D eigenvalue weighted by molar-refractivity contribution is 5.82. The predicted octanol–water partition coefficient (Wildman–Crippen LogP) is 0.744. The molecule has 6 nitrogen and oxygen atoms in total. The Morgan fingerprint density at radius 1 is 0.957 bits per heavy atom. The molecule has 2 amide bonds. The first-order valence-corrected chi connectivity index (χ1v) is 9.09. The Morgan fingerprint density at radius 3 is 2.30 bits per heavy atom. The second kappa shape index (κ2) is 7.62. The number of amides is 2. The van der Waals surface area contributed by atoms with Crippen LogP contribution in [0.3, 0.4) is 0 Å². The first-order valence-electron chi connectivity index (χ1n) is 9.09. The smallest absolute Gasteiger partial charge is 0.251 e. The molecule has 2 N–H and O–H groups in total. The molecule has 2 saturated heterocycles. The fraction of sp³-hybridized carbons (Fsp3) is 0.882. The minimum absolute atomic E-state index is 0.101. The minimum Gasteiger partial charge on any atom is -0.368 e. The van der Waals surface area contributed by atoms with Crippen molar-refractivity contribution in [3.05, 3.63) is 0 Å². The summed E-state index contributed by atoms with van der Waals surface area (Å²) in [4.78, 5) is 28.6. The first-order chi connectivity index (χ1) is 11.1. The topological polar surface area (TPSA) is 75.9 Å². The summed E-state index contributed by atoms with van der Waals surface area (Å²) in [7, 11) is 0. The normalized spacial score (nSPS) is 32.1. The average Bonchev–Trinajstić information content (AvgIpc) is 3.11. The number of rotatable bonds is 3. The monoisotopic (exact) mass is 323 g/mol. The predicted molar refractivity (Wildman–Crippen MR) is 86.7 cm³/mol. The van der Waals surface area contributed by atoms with Crippen LogP contribution in [0.15, 0.2) is 0 Å². The zero-order chi connectivity index (χ0) is 16.2. The van der Waals surface area contributed by atoms with Gasteiger partial charge in [-0.25, -0.2) is 0 Å². The number of carbonyl (C=O) groups is 2. The van der Waals surface area contributed by atoms with Crippen LogP contribution < -0.4 is 5.73 Å². The van der Waals surface area contributed by atoms with E-state index in [4.69, 9.17) is 10.5 Å². The number of piperazine rings is 1. The minimum atomic E-state index is -0.252. The largest absolute Gasteiger partial charge is 0.368 e. The number of carbonyl (C=O) groups excluding carboxylic acids is 2. The van der Waals surface area contributed by atoms with Gasteiger partial charge in [-0.3, -0.25) is 9.59 Å². The van der Waals surface area contributed by atoms with E-state index in [1.54, 1.807) is 0 Å². The second-order valence-electron chi connectivity index (χ2n) is 7.12. The van der Waals surface area contributed by atoms with Crippen LogP contribution in [0.1, 0.15) is 44.9 Å². The van der Waals surface area contributed by atoms with Crippen LogP contribution in [0.25, 0.3) is 0 Å². The fourth-order valence-electron chi connectivity index (χ4n) is 4.00. The van der Waals surface area contributed by atoms with E-state index in [0.29, 0.717) is 45.1 Å². The van der Waals surface area contributed by atoms with Gasteiger partial charge >= 0.3 is 0 Å². The van der Waals surface area contributed by atoms with Crippen LogP contribution in [0.4, 0.5) is 0 Å². The van der Waals surface area contributed by atoms with Crippen LogP contribution in [0.5, 0.6) is 0 Å². The van der Waals surface area contributed by atoms with Gasteiger partial charge in [0, 0.05) is 45.2 Å². The van der Waals surface area contributed by atoms with Crippen molar-refractivity contribution in [1.82, 2.24) is 9.80 Å². The quantitative estimate of drug-likeness (QED) is 0.831. The molecular formula is C17H29N3O3. The van der Waals surface area contributed by atoms with Gasteiger partial charge in [-0.15, -0.1) is 0 Å². The van der Waals surface area contributed by atoms with Gasteiger partial charge in [0.25, 0.3) is 5.91 Å². The van der Waals surface area contributed by atoms with E-state index < -0.39 is 0 Å². The molecule has 0 aromatic carbocycles. The molecule has 3 rings (SSSR count). The first kappa shape index (κ1) is 16.7. The molecule has 3 atom stereocenters. The number of nitrogens with two attached hydrogens (primary N) is 1. The molecule has 3 unspecified atom stereocenters. The molecule has 3 aliphatic rings. The molecule has 2 aliphatic heterocycles. The van der Waals surface area contributed by atoms with Gasteiger partial charge in [0.15, 0.2) is 0 Å². The summed E-state index contributed by atoms with van der Waals surface area (Å²) >= 11 is 0. The van der Waals surface area contributed by atoms with Crippen molar-refractivity contribution in [2.45, 2.75) is 57.1 Å². The van der Waals surface area contributed by atoms with Gasteiger partial charge in [0.2, 0.25) is 5.91 Å². The Kier molecular flexibility index (Phi) is 5.54. The molecule has 2 heterocycles. The van der Waals surface area contributed by atoms with Gasteiger partial charge in [-0.05, 0) is 31.6 Å².